The number of carbonyl (C=O) groups is 2. The maximum Gasteiger partial charge on any atom is 0.313 e. The van der Waals surface area contributed by atoms with Gasteiger partial charge in [-0.25, -0.2) is 4.98 Å². The molecule has 0 aliphatic rings. The molecule has 1 aromatic heterocycles. The number of nitrogens with zero attached hydrogens (tertiary/aromatic N) is 2. The van der Waals surface area contributed by atoms with Crippen LogP contribution in [0.3, 0.4) is 0 Å². The van der Waals surface area contributed by atoms with Crippen molar-refractivity contribution in [2.24, 2.45) is 5.73 Å². The van der Waals surface area contributed by atoms with E-state index in [4.69, 9.17) is 22.4 Å². The van der Waals surface area contributed by atoms with Crippen LogP contribution in [0, 0.1) is 0 Å². The average molecular weight is 328 g/mol. The van der Waals surface area contributed by atoms with Crippen LogP contribution in [0.4, 0.5) is 0 Å². The van der Waals surface area contributed by atoms with Gasteiger partial charge in [-0.15, -0.1) is 0 Å². The summed E-state index contributed by atoms with van der Waals surface area (Å²) in [7, 11) is 0. The van der Waals surface area contributed by atoms with Crippen LogP contribution >= 0.6 is 23.4 Å². The van der Waals surface area contributed by atoms with Gasteiger partial charge >= 0.3 is 5.97 Å². The van der Waals surface area contributed by atoms with E-state index in [1.807, 2.05) is 10.6 Å². The molecule has 2 rings (SSSR count). The summed E-state index contributed by atoms with van der Waals surface area (Å²) >= 11 is 7.08. The summed E-state index contributed by atoms with van der Waals surface area (Å²) < 4.78 is 1.89. The molecule has 0 fully saturated rings. The zero-order valence-electron chi connectivity index (χ0n) is 11.1. The molecule has 112 valence electrons. The fraction of sp³-hybridized carbons (Fsp3) is 0.308. The Morgan fingerprint density at radius 1 is 1.43 bits per heavy atom. The number of carboxylic acids is 1. The molecule has 21 heavy (non-hydrogen) atoms. The van der Waals surface area contributed by atoms with Gasteiger partial charge < -0.3 is 15.4 Å². The van der Waals surface area contributed by atoms with Gasteiger partial charge in [0.2, 0.25) is 5.91 Å². The molecule has 0 saturated carbocycles. The molecule has 0 spiro atoms. The van der Waals surface area contributed by atoms with Crippen molar-refractivity contribution in [2.75, 3.05) is 5.75 Å². The number of amides is 1. The van der Waals surface area contributed by atoms with Crippen molar-refractivity contribution in [1.29, 1.82) is 0 Å². The molecule has 0 unspecified atom stereocenters. The van der Waals surface area contributed by atoms with Crippen molar-refractivity contribution in [3.05, 3.63) is 23.2 Å². The predicted octanol–water partition coefficient (Wildman–Crippen LogP) is 2.13. The van der Waals surface area contributed by atoms with Crippen molar-refractivity contribution in [3.8, 4) is 0 Å². The normalized spacial score (nSPS) is 10.9. The lowest BCUT2D eigenvalue weighted by Crippen LogP contribution is -2.12. The number of hydrogen-bond acceptors (Lipinski definition) is 4. The number of aliphatic carboxylic acids is 1. The fourth-order valence-electron chi connectivity index (χ4n) is 1.94. The van der Waals surface area contributed by atoms with Crippen molar-refractivity contribution in [3.63, 3.8) is 0 Å². The summed E-state index contributed by atoms with van der Waals surface area (Å²) in [5.74, 6) is -1.34. The number of rotatable bonds is 7. The van der Waals surface area contributed by atoms with Gasteiger partial charge in [-0.1, -0.05) is 23.4 Å². The van der Waals surface area contributed by atoms with E-state index in [1.54, 1.807) is 12.1 Å². The number of fused-ring (bicyclic) bond motifs is 1. The van der Waals surface area contributed by atoms with Gasteiger partial charge in [-0.05, 0) is 24.6 Å². The molecule has 8 heteroatoms. The van der Waals surface area contributed by atoms with E-state index in [2.05, 4.69) is 4.98 Å². The van der Waals surface area contributed by atoms with E-state index < -0.39 is 5.97 Å². The quantitative estimate of drug-likeness (QED) is 0.759. The molecular weight excluding hydrogens is 314 g/mol. The summed E-state index contributed by atoms with van der Waals surface area (Å²) in [5, 5.41) is 9.96. The van der Waals surface area contributed by atoms with Crippen molar-refractivity contribution in [2.45, 2.75) is 24.5 Å². The number of aromatic nitrogens is 2. The van der Waals surface area contributed by atoms with Crippen LogP contribution in [0.25, 0.3) is 11.0 Å². The van der Waals surface area contributed by atoms with Crippen LogP contribution in [-0.2, 0) is 16.1 Å². The van der Waals surface area contributed by atoms with Gasteiger partial charge in [0, 0.05) is 18.0 Å². The Morgan fingerprint density at radius 2 is 2.19 bits per heavy atom. The lowest BCUT2D eigenvalue weighted by atomic mass is 10.3. The van der Waals surface area contributed by atoms with E-state index >= 15 is 0 Å². The monoisotopic (exact) mass is 327 g/mol. The molecule has 0 aliphatic heterocycles. The summed E-state index contributed by atoms with van der Waals surface area (Å²) in [5.41, 5.74) is 6.70. The molecule has 1 amide bonds. The maximum atomic E-state index is 10.8. The lowest BCUT2D eigenvalue weighted by Gasteiger charge is -2.07. The molecule has 0 bridgehead atoms. The van der Waals surface area contributed by atoms with Gasteiger partial charge in [0.05, 0.1) is 16.8 Å². The number of primary amides is 1. The first-order valence-electron chi connectivity index (χ1n) is 6.26. The molecule has 0 saturated heterocycles. The molecule has 0 radical (unpaired) electrons. The Labute approximate surface area is 130 Å². The third-order valence-electron chi connectivity index (χ3n) is 2.80. The topological polar surface area (TPSA) is 98.2 Å². The van der Waals surface area contributed by atoms with Crippen LogP contribution in [0.2, 0.25) is 5.02 Å². The molecule has 0 atom stereocenters. The van der Waals surface area contributed by atoms with Gasteiger partial charge in [0.1, 0.15) is 0 Å². The molecule has 1 heterocycles. The number of benzene rings is 1. The van der Waals surface area contributed by atoms with Crippen LogP contribution in [-0.4, -0.2) is 32.3 Å². The van der Waals surface area contributed by atoms with Crippen LogP contribution in [0.15, 0.2) is 23.4 Å². The Bertz CT molecular complexity index is 687. The first-order chi connectivity index (χ1) is 9.97. The zero-order valence-corrected chi connectivity index (χ0v) is 12.7. The average Bonchev–Trinajstić information content (AvgIpc) is 2.73. The van der Waals surface area contributed by atoms with Crippen LogP contribution in [0.1, 0.15) is 12.8 Å². The second-order valence-corrected chi connectivity index (χ2v) is 5.81. The maximum absolute atomic E-state index is 10.8. The minimum Gasteiger partial charge on any atom is -0.481 e. The highest BCUT2D eigenvalue weighted by molar-refractivity contribution is 7.99. The van der Waals surface area contributed by atoms with Crippen molar-refractivity contribution < 1.29 is 14.7 Å². The highest BCUT2D eigenvalue weighted by Gasteiger charge is 2.13. The molecule has 0 aliphatic carbocycles. The first-order valence-corrected chi connectivity index (χ1v) is 7.62. The third-order valence-corrected chi connectivity index (χ3v) is 4.00. The van der Waals surface area contributed by atoms with E-state index in [0.29, 0.717) is 28.7 Å². The number of carboxylic acid groups (broad SMARTS) is 1. The molecule has 2 aromatic rings. The Morgan fingerprint density at radius 3 is 2.86 bits per heavy atom. The van der Waals surface area contributed by atoms with E-state index in [0.717, 1.165) is 17.3 Å². The standard InChI is InChI=1S/C13H14ClN3O3S/c14-8-3-4-10-9(6-8)16-13(21-7-12(19)20)17(10)5-1-2-11(15)18/h3-4,6H,1-2,5,7H2,(H2,15,18)(H,19,20). The number of halogens is 1. The van der Waals surface area contributed by atoms with Gasteiger partial charge in [0.15, 0.2) is 5.16 Å². The SMILES string of the molecule is NC(=O)CCCn1c(SCC(=O)O)nc2cc(Cl)ccc21. The number of imidazole rings is 1. The molecule has 3 N–H and O–H groups in total. The number of hydrogen-bond donors (Lipinski definition) is 2. The zero-order chi connectivity index (χ0) is 15.4. The molecular formula is C13H14ClN3O3S. The largest absolute Gasteiger partial charge is 0.481 e. The van der Waals surface area contributed by atoms with Gasteiger partial charge in [0.25, 0.3) is 0 Å². The Kier molecular flexibility index (Phi) is 5.08. The van der Waals surface area contributed by atoms with Crippen molar-refractivity contribution in [1.82, 2.24) is 9.55 Å². The fourth-order valence-corrected chi connectivity index (χ4v) is 2.87. The number of thioether (sulfide) groups is 1. The summed E-state index contributed by atoms with van der Waals surface area (Å²) in [6, 6.07) is 5.31. The summed E-state index contributed by atoms with van der Waals surface area (Å²) in [6.07, 6.45) is 0.848. The summed E-state index contributed by atoms with van der Waals surface area (Å²) in [6.45, 7) is 0.545. The number of nitrogens with two attached hydrogens (primary N) is 1. The van der Waals surface area contributed by atoms with Gasteiger partial charge in [-0.3, -0.25) is 9.59 Å². The minimum absolute atomic E-state index is 0.0765. The van der Waals surface area contributed by atoms with E-state index in [-0.39, 0.29) is 18.1 Å². The summed E-state index contributed by atoms with van der Waals surface area (Å²) in [4.78, 5) is 26.0. The third kappa shape index (κ3) is 4.12. The Balaban J connectivity index is 2.29. The van der Waals surface area contributed by atoms with Crippen LogP contribution in [0.5, 0.6) is 0 Å². The predicted molar refractivity (Wildman–Crippen MR) is 81.5 cm³/mol. The van der Waals surface area contributed by atoms with E-state index in [9.17, 15) is 9.59 Å². The second kappa shape index (κ2) is 6.82. The highest BCUT2D eigenvalue weighted by atomic mass is 35.5. The van der Waals surface area contributed by atoms with Crippen molar-refractivity contribution >= 4 is 46.3 Å². The van der Waals surface area contributed by atoms with Crippen LogP contribution < -0.4 is 5.73 Å². The number of carbonyl (C=O) groups excluding carboxylic acids is 1. The smallest absolute Gasteiger partial charge is 0.313 e. The lowest BCUT2D eigenvalue weighted by molar-refractivity contribution is -0.133. The molecule has 6 nitrogen and oxygen atoms in total. The second-order valence-electron chi connectivity index (χ2n) is 4.43. The highest BCUT2D eigenvalue weighted by Crippen LogP contribution is 2.26. The first kappa shape index (κ1) is 15.7. The Hall–Kier alpha value is -1.73. The minimum atomic E-state index is -0.909. The number of aryl methyl sites for hydroxylation is 1. The van der Waals surface area contributed by atoms with E-state index in [1.165, 1.54) is 0 Å². The van der Waals surface area contributed by atoms with Gasteiger partial charge in [-0.2, -0.15) is 0 Å². The molecule has 1 aromatic carbocycles.